The number of fused-ring (bicyclic) bond motifs is 1. The lowest BCUT2D eigenvalue weighted by Gasteiger charge is -2.32. The molecule has 1 aliphatic rings. The highest BCUT2D eigenvalue weighted by Gasteiger charge is 2.27. The Labute approximate surface area is 214 Å². The molecular formula is C32H35NO3. The van der Waals surface area contributed by atoms with Gasteiger partial charge in [0.15, 0.2) is 0 Å². The predicted molar refractivity (Wildman–Crippen MR) is 146 cm³/mol. The van der Waals surface area contributed by atoms with E-state index in [1.807, 2.05) is 30.3 Å². The molecule has 0 unspecified atom stereocenters. The molecule has 1 fully saturated rings. The normalized spacial score (nSPS) is 17.7. The summed E-state index contributed by atoms with van der Waals surface area (Å²) in [6.07, 6.45) is 3.16. The second kappa shape index (κ2) is 12.6. The third-order valence-electron chi connectivity index (χ3n) is 6.83. The van der Waals surface area contributed by atoms with Crippen molar-refractivity contribution in [2.24, 2.45) is 0 Å². The molecule has 4 aromatic rings. The van der Waals surface area contributed by atoms with Crippen molar-refractivity contribution in [2.75, 3.05) is 26.3 Å². The molecule has 0 aliphatic carbocycles. The van der Waals surface area contributed by atoms with Gasteiger partial charge in [0.2, 0.25) is 0 Å². The summed E-state index contributed by atoms with van der Waals surface area (Å²) < 4.78 is 18.2. The molecule has 0 radical (unpaired) electrons. The molecule has 1 heterocycles. The number of unbranched alkanes of at least 4 members (excludes halogenated alkanes) is 1. The Bertz CT molecular complexity index is 1210. The summed E-state index contributed by atoms with van der Waals surface area (Å²) in [7, 11) is 0. The van der Waals surface area contributed by atoms with Crippen LogP contribution in [0.3, 0.4) is 0 Å². The Morgan fingerprint density at radius 3 is 2.17 bits per heavy atom. The minimum Gasteiger partial charge on any atom is -0.494 e. The van der Waals surface area contributed by atoms with E-state index in [9.17, 15) is 0 Å². The highest BCUT2D eigenvalue weighted by molar-refractivity contribution is 5.82. The van der Waals surface area contributed by atoms with Crippen LogP contribution in [-0.4, -0.2) is 32.4 Å². The molecule has 0 spiro atoms. The summed E-state index contributed by atoms with van der Waals surface area (Å²) in [5, 5.41) is 6.03. The fourth-order valence-corrected chi connectivity index (χ4v) is 4.83. The summed E-state index contributed by atoms with van der Waals surface area (Å²) in [4.78, 5) is 0. The molecule has 36 heavy (non-hydrogen) atoms. The lowest BCUT2D eigenvalue weighted by Crippen LogP contribution is -2.40. The molecule has 4 heteroatoms. The van der Waals surface area contributed by atoms with Gasteiger partial charge in [-0.15, -0.1) is 0 Å². The standard InChI is InChI=1S/C32H35NO3/c1-2-10-29(11-3-1)34-20-6-7-21-35-30-16-14-27(15-17-30)31-18-19-33-23-32(31)36-24-25-12-13-26-8-4-5-9-28(26)22-25/h1-5,8-17,22,31-33H,6-7,18-21,23-24H2/t31-,32+/m0/s1. The van der Waals surface area contributed by atoms with Crippen molar-refractivity contribution >= 4 is 10.8 Å². The number of hydrogen-bond acceptors (Lipinski definition) is 4. The third kappa shape index (κ3) is 6.66. The van der Waals surface area contributed by atoms with E-state index in [2.05, 4.69) is 72.0 Å². The van der Waals surface area contributed by atoms with Crippen LogP contribution < -0.4 is 14.8 Å². The first-order valence-electron chi connectivity index (χ1n) is 13.1. The molecule has 0 bridgehead atoms. The van der Waals surface area contributed by atoms with E-state index in [1.54, 1.807) is 0 Å². The van der Waals surface area contributed by atoms with Crippen molar-refractivity contribution in [3.63, 3.8) is 0 Å². The van der Waals surface area contributed by atoms with Crippen LogP contribution >= 0.6 is 0 Å². The smallest absolute Gasteiger partial charge is 0.119 e. The fourth-order valence-electron chi connectivity index (χ4n) is 4.83. The lowest BCUT2D eigenvalue weighted by atomic mass is 9.87. The highest BCUT2D eigenvalue weighted by Crippen LogP contribution is 2.30. The number of piperidine rings is 1. The number of para-hydroxylation sites is 1. The van der Waals surface area contributed by atoms with Crippen LogP contribution in [-0.2, 0) is 11.3 Å². The van der Waals surface area contributed by atoms with Gasteiger partial charge in [0.05, 0.1) is 25.9 Å². The zero-order chi connectivity index (χ0) is 24.4. The second-order valence-corrected chi connectivity index (χ2v) is 9.42. The average molecular weight is 482 g/mol. The van der Waals surface area contributed by atoms with E-state index in [1.165, 1.54) is 21.9 Å². The van der Waals surface area contributed by atoms with Gasteiger partial charge in [-0.25, -0.2) is 0 Å². The molecule has 2 atom stereocenters. The minimum absolute atomic E-state index is 0.154. The Balaban J connectivity index is 1.09. The second-order valence-electron chi connectivity index (χ2n) is 9.42. The minimum atomic E-state index is 0.154. The van der Waals surface area contributed by atoms with Crippen LogP contribution in [0.15, 0.2) is 97.1 Å². The maximum absolute atomic E-state index is 6.44. The quantitative estimate of drug-likeness (QED) is 0.241. The van der Waals surface area contributed by atoms with Gasteiger partial charge < -0.3 is 19.5 Å². The van der Waals surface area contributed by atoms with Gasteiger partial charge in [-0.2, -0.15) is 0 Å². The highest BCUT2D eigenvalue weighted by atomic mass is 16.5. The number of hydrogen-bond donors (Lipinski definition) is 1. The average Bonchev–Trinajstić information content (AvgIpc) is 2.95. The summed E-state index contributed by atoms with van der Waals surface area (Å²) in [6, 6.07) is 33.6. The van der Waals surface area contributed by atoms with E-state index in [0.29, 0.717) is 25.7 Å². The fraction of sp³-hybridized carbons (Fsp3) is 0.312. The number of rotatable bonds is 11. The van der Waals surface area contributed by atoms with Gasteiger partial charge in [-0.3, -0.25) is 0 Å². The van der Waals surface area contributed by atoms with Crippen molar-refractivity contribution in [1.29, 1.82) is 0 Å². The predicted octanol–water partition coefficient (Wildman–Crippen LogP) is 6.74. The van der Waals surface area contributed by atoms with Crippen molar-refractivity contribution in [3.05, 3.63) is 108 Å². The molecule has 1 N–H and O–H groups in total. The zero-order valence-corrected chi connectivity index (χ0v) is 20.8. The zero-order valence-electron chi connectivity index (χ0n) is 20.8. The van der Waals surface area contributed by atoms with Gasteiger partial charge in [-0.05, 0) is 78.0 Å². The summed E-state index contributed by atoms with van der Waals surface area (Å²) in [5.74, 6) is 2.23. The van der Waals surface area contributed by atoms with Crippen LogP contribution in [0.5, 0.6) is 11.5 Å². The van der Waals surface area contributed by atoms with Crippen molar-refractivity contribution in [2.45, 2.75) is 37.9 Å². The van der Waals surface area contributed by atoms with E-state index >= 15 is 0 Å². The van der Waals surface area contributed by atoms with Crippen molar-refractivity contribution in [3.8, 4) is 11.5 Å². The van der Waals surface area contributed by atoms with E-state index in [0.717, 1.165) is 43.9 Å². The summed E-state index contributed by atoms with van der Waals surface area (Å²) in [6.45, 7) is 3.93. The first-order chi connectivity index (χ1) is 17.8. The van der Waals surface area contributed by atoms with Gasteiger partial charge in [0, 0.05) is 12.5 Å². The van der Waals surface area contributed by atoms with Gasteiger partial charge in [0.1, 0.15) is 11.5 Å². The molecule has 4 nitrogen and oxygen atoms in total. The molecule has 1 saturated heterocycles. The Morgan fingerprint density at radius 2 is 1.39 bits per heavy atom. The monoisotopic (exact) mass is 481 g/mol. The Morgan fingerprint density at radius 1 is 0.694 bits per heavy atom. The largest absolute Gasteiger partial charge is 0.494 e. The van der Waals surface area contributed by atoms with E-state index < -0.39 is 0 Å². The van der Waals surface area contributed by atoms with Crippen LogP contribution in [0.25, 0.3) is 10.8 Å². The van der Waals surface area contributed by atoms with Crippen LogP contribution in [0.2, 0.25) is 0 Å². The Hall–Kier alpha value is -3.34. The summed E-state index contributed by atoms with van der Waals surface area (Å²) in [5.41, 5.74) is 2.54. The van der Waals surface area contributed by atoms with Gasteiger partial charge >= 0.3 is 0 Å². The van der Waals surface area contributed by atoms with E-state index in [-0.39, 0.29) is 6.10 Å². The maximum Gasteiger partial charge on any atom is 0.119 e. The molecular weight excluding hydrogens is 446 g/mol. The first-order valence-corrected chi connectivity index (χ1v) is 13.1. The maximum atomic E-state index is 6.44. The lowest BCUT2D eigenvalue weighted by molar-refractivity contribution is 0.0106. The molecule has 0 aromatic heterocycles. The topological polar surface area (TPSA) is 39.7 Å². The van der Waals surface area contributed by atoms with Crippen LogP contribution in [0, 0.1) is 0 Å². The Kier molecular flexibility index (Phi) is 8.50. The SMILES string of the molecule is c1ccc(OCCCCOc2ccc([C@@H]3CCNC[C@H]3OCc3ccc4ccccc4c3)cc2)cc1. The number of nitrogens with one attached hydrogen (secondary N) is 1. The molecule has 186 valence electrons. The van der Waals surface area contributed by atoms with Crippen LogP contribution in [0.4, 0.5) is 0 Å². The molecule has 4 aromatic carbocycles. The van der Waals surface area contributed by atoms with Gasteiger partial charge in [-0.1, -0.05) is 66.7 Å². The molecule has 5 rings (SSSR count). The van der Waals surface area contributed by atoms with Crippen LogP contribution in [0.1, 0.15) is 36.3 Å². The van der Waals surface area contributed by atoms with Crippen molar-refractivity contribution < 1.29 is 14.2 Å². The molecule has 0 saturated carbocycles. The van der Waals surface area contributed by atoms with E-state index in [4.69, 9.17) is 14.2 Å². The molecule has 0 amide bonds. The first kappa shape index (κ1) is 24.4. The van der Waals surface area contributed by atoms with Gasteiger partial charge in [0.25, 0.3) is 0 Å². The number of benzene rings is 4. The number of ether oxygens (including phenoxy) is 3. The van der Waals surface area contributed by atoms with Crippen molar-refractivity contribution in [1.82, 2.24) is 5.32 Å². The third-order valence-corrected chi connectivity index (χ3v) is 6.83. The molecule has 1 aliphatic heterocycles. The summed E-state index contributed by atoms with van der Waals surface area (Å²) >= 11 is 0.